The number of amides is 1. The number of carbonyl (C=O) groups excluding carboxylic acids is 1. The number of halogens is 1. The lowest BCUT2D eigenvalue weighted by Gasteiger charge is -2.42. The SMILES string of the molecule is C[C@@H]1C[C@@H](O)c2ncnc(N3CCN(C(=O)C(c4ccc(Cl)cc4)C4CCCN4C4CCOCC4)CC3)c21. The number of likely N-dealkylation sites (tertiary alicyclic amines) is 1. The molecule has 4 heterocycles. The van der Waals surface area contributed by atoms with Gasteiger partial charge in [-0.15, -0.1) is 0 Å². The summed E-state index contributed by atoms with van der Waals surface area (Å²) in [5, 5.41) is 11.1. The summed E-state index contributed by atoms with van der Waals surface area (Å²) in [7, 11) is 0. The van der Waals surface area contributed by atoms with E-state index in [-0.39, 0.29) is 23.8 Å². The van der Waals surface area contributed by atoms with Crippen molar-refractivity contribution in [3.8, 4) is 0 Å². The van der Waals surface area contributed by atoms with Gasteiger partial charge in [0.25, 0.3) is 0 Å². The van der Waals surface area contributed by atoms with E-state index in [9.17, 15) is 9.90 Å². The van der Waals surface area contributed by atoms with Gasteiger partial charge < -0.3 is 19.6 Å². The third-order valence-electron chi connectivity index (χ3n) is 9.05. The summed E-state index contributed by atoms with van der Waals surface area (Å²) < 4.78 is 5.64. The molecule has 0 radical (unpaired) electrons. The second-order valence-corrected chi connectivity index (χ2v) is 11.7. The number of piperazine rings is 1. The summed E-state index contributed by atoms with van der Waals surface area (Å²) in [4.78, 5) is 30.2. The van der Waals surface area contributed by atoms with Crippen LogP contribution in [0.2, 0.25) is 5.02 Å². The Bertz CT molecular complexity index is 1130. The highest BCUT2D eigenvalue weighted by Crippen LogP contribution is 2.43. The van der Waals surface area contributed by atoms with Crippen LogP contribution < -0.4 is 4.90 Å². The fourth-order valence-electron chi connectivity index (χ4n) is 7.13. The number of hydrogen-bond acceptors (Lipinski definition) is 7. The van der Waals surface area contributed by atoms with Crippen LogP contribution in [0.15, 0.2) is 30.6 Å². The monoisotopic (exact) mass is 539 g/mol. The Morgan fingerprint density at radius 1 is 1.05 bits per heavy atom. The van der Waals surface area contributed by atoms with E-state index in [2.05, 4.69) is 31.6 Å². The summed E-state index contributed by atoms with van der Waals surface area (Å²) in [6.07, 6.45) is 5.96. The first-order valence-electron chi connectivity index (χ1n) is 14.2. The molecule has 204 valence electrons. The molecule has 0 saturated carbocycles. The molecular weight excluding hydrogens is 502 g/mol. The van der Waals surface area contributed by atoms with Crippen LogP contribution in [0.3, 0.4) is 0 Å². The molecule has 6 rings (SSSR count). The first-order chi connectivity index (χ1) is 18.5. The second kappa shape index (κ2) is 11.1. The van der Waals surface area contributed by atoms with Crippen LogP contribution in [0.1, 0.15) is 73.8 Å². The van der Waals surface area contributed by atoms with E-state index in [1.165, 1.54) is 0 Å². The van der Waals surface area contributed by atoms with Crippen molar-refractivity contribution in [2.24, 2.45) is 0 Å². The largest absolute Gasteiger partial charge is 0.387 e. The maximum atomic E-state index is 14.3. The van der Waals surface area contributed by atoms with Crippen LogP contribution in [0.25, 0.3) is 0 Å². The molecule has 1 aromatic heterocycles. The summed E-state index contributed by atoms with van der Waals surface area (Å²) in [5.74, 6) is 1.15. The van der Waals surface area contributed by atoms with Gasteiger partial charge in [0.1, 0.15) is 12.1 Å². The van der Waals surface area contributed by atoms with Gasteiger partial charge in [-0.3, -0.25) is 9.69 Å². The van der Waals surface area contributed by atoms with Gasteiger partial charge >= 0.3 is 0 Å². The molecule has 9 heteroatoms. The van der Waals surface area contributed by atoms with Crippen molar-refractivity contribution in [2.75, 3.05) is 50.8 Å². The molecule has 1 N–H and O–H groups in total. The lowest BCUT2D eigenvalue weighted by molar-refractivity contribution is -0.135. The van der Waals surface area contributed by atoms with Crippen LogP contribution in [0.4, 0.5) is 5.82 Å². The third kappa shape index (κ3) is 4.92. The van der Waals surface area contributed by atoms with Crippen molar-refractivity contribution in [3.05, 3.63) is 52.4 Å². The van der Waals surface area contributed by atoms with Crippen molar-refractivity contribution >= 4 is 23.3 Å². The number of anilines is 1. The molecule has 38 heavy (non-hydrogen) atoms. The zero-order chi connectivity index (χ0) is 26.2. The van der Waals surface area contributed by atoms with E-state index in [1.807, 2.05) is 24.3 Å². The molecule has 4 atom stereocenters. The van der Waals surface area contributed by atoms with Gasteiger partial charge in [-0.2, -0.15) is 0 Å². The minimum Gasteiger partial charge on any atom is -0.387 e. The van der Waals surface area contributed by atoms with Crippen molar-refractivity contribution in [2.45, 2.75) is 69.1 Å². The number of aromatic nitrogens is 2. The molecule has 3 saturated heterocycles. The molecule has 4 aliphatic rings. The predicted molar refractivity (Wildman–Crippen MR) is 147 cm³/mol. The molecule has 1 aliphatic carbocycles. The molecule has 3 fully saturated rings. The van der Waals surface area contributed by atoms with Crippen LogP contribution in [-0.2, 0) is 9.53 Å². The number of rotatable bonds is 5. The lowest BCUT2D eigenvalue weighted by Crippen LogP contribution is -2.54. The van der Waals surface area contributed by atoms with E-state index in [0.29, 0.717) is 30.6 Å². The van der Waals surface area contributed by atoms with E-state index in [4.69, 9.17) is 16.3 Å². The Morgan fingerprint density at radius 2 is 1.79 bits per heavy atom. The normalized spacial score (nSPS) is 27.5. The first kappa shape index (κ1) is 26.0. The number of nitrogens with zero attached hydrogens (tertiary/aromatic N) is 5. The Balaban J connectivity index is 1.22. The molecule has 3 aliphatic heterocycles. The fourth-order valence-corrected chi connectivity index (χ4v) is 7.26. The summed E-state index contributed by atoms with van der Waals surface area (Å²) in [6.45, 7) is 7.54. The third-order valence-corrected chi connectivity index (χ3v) is 9.30. The minimum atomic E-state index is -0.519. The predicted octanol–water partition coefficient (Wildman–Crippen LogP) is 3.75. The highest BCUT2D eigenvalue weighted by Gasteiger charge is 2.42. The van der Waals surface area contributed by atoms with Crippen LogP contribution in [0.5, 0.6) is 0 Å². The molecular formula is C29H38ClN5O3. The highest BCUT2D eigenvalue weighted by atomic mass is 35.5. The molecule has 0 spiro atoms. The first-order valence-corrected chi connectivity index (χ1v) is 14.5. The van der Waals surface area contributed by atoms with E-state index >= 15 is 0 Å². The summed E-state index contributed by atoms with van der Waals surface area (Å²) in [6, 6.07) is 8.57. The smallest absolute Gasteiger partial charge is 0.231 e. The lowest BCUT2D eigenvalue weighted by atomic mass is 9.87. The van der Waals surface area contributed by atoms with Gasteiger partial charge in [-0.05, 0) is 62.3 Å². The molecule has 1 aromatic carbocycles. The van der Waals surface area contributed by atoms with Crippen molar-refractivity contribution < 1.29 is 14.6 Å². The molecule has 8 nitrogen and oxygen atoms in total. The van der Waals surface area contributed by atoms with Crippen LogP contribution in [-0.4, -0.2) is 88.8 Å². The van der Waals surface area contributed by atoms with Crippen molar-refractivity contribution in [1.82, 2.24) is 19.8 Å². The van der Waals surface area contributed by atoms with Gasteiger partial charge in [0, 0.05) is 62.1 Å². The Hall–Kier alpha value is -2.26. The molecule has 1 amide bonds. The fraction of sp³-hybridized carbons (Fsp3) is 0.621. The summed E-state index contributed by atoms with van der Waals surface area (Å²) in [5.41, 5.74) is 2.89. The highest BCUT2D eigenvalue weighted by molar-refractivity contribution is 6.30. The standard InChI is InChI=1S/C29H38ClN5O3/c1-19-17-24(36)27-25(19)28(32-18-31-27)33-11-13-34(14-12-33)29(37)26(20-4-6-21(30)7-5-20)23-3-2-10-35(23)22-8-15-38-16-9-22/h4-7,18-19,22-24,26,36H,2-3,8-17H2,1H3/t19-,23?,24-,26?/m1/s1. The van der Waals surface area contributed by atoms with Crippen LogP contribution >= 0.6 is 11.6 Å². The number of aliphatic hydroxyl groups excluding tert-OH is 1. The molecule has 2 unspecified atom stereocenters. The second-order valence-electron chi connectivity index (χ2n) is 11.3. The van der Waals surface area contributed by atoms with E-state index in [1.54, 1.807) is 6.33 Å². The van der Waals surface area contributed by atoms with Gasteiger partial charge in [0.15, 0.2) is 0 Å². The Labute approximate surface area is 229 Å². The number of carbonyl (C=O) groups is 1. The number of aliphatic hydroxyl groups is 1. The van der Waals surface area contributed by atoms with Gasteiger partial charge in [-0.1, -0.05) is 30.7 Å². The number of benzene rings is 1. The summed E-state index contributed by atoms with van der Waals surface area (Å²) >= 11 is 6.24. The zero-order valence-corrected chi connectivity index (χ0v) is 22.9. The zero-order valence-electron chi connectivity index (χ0n) is 22.1. The molecule has 2 aromatic rings. The van der Waals surface area contributed by atoms with Crippen molar-refractivity contribution in [3.63, 3.8) is 0 Å². The Kier molecular flexibility index (Phi) is 7.58. The van der Waals surface area contributed by atoms with E-state index < -0.39 is 6.10 Å². The quantitative estimate of drug-likeness (QED) is 0.619. The van der Waals surface area contributed by atoms with Gasteiger partial charge in [0.2, 0.25) is 5.91 Å². The number of hydrogen-bond donors (Lipinski definition) is 1. The number of fused-ring (bicyclic) bond motifs is 1. The maximum Gasteiger partial charge on any atom is 0.231 e. The van der Waals surface area contributed by atoms with Crippen molar-refractivity contribution in [1.29, 1.82) is 0 Å². The topological polar surface area (TPSA) is 82.0 Å². The maximum absolute atomic E-state index is 14.3. The number of ether oxygens (including phenoxy) is 1. The average molecular weight is 540 g/mol. The van der Waals surface area contributed by atoms with Gasteiger partial charge in [0.05, 0.1) is 17.7 Å². The Morgan fingerprint density at radius 3 is 2.53 bits per heavy atom. The van der Waals surface area contributed by atoms with Crippen LogP contribution in [0, 0.1) is 0 Å². The minimum absolute atomic E-state index is 0.192. The van der Waals surface area contributed by atoms with Gasteiger partial charge in [-0.25, -0.2) is 9.97 Å². The average Bonchev–Trinajstić information content (AvgIpc) is 3.54. The molecule has 0 bridgehead atoms. The van der Waals surface area contributed by atoms with E-state index in [0.717, 1.165) is 81.2 Å².